The smallest absolute Gasteiger partial charge is 0.197 e. The topological polar surface area (TPSA) is 109 Å². The molecular weight excluding hydrogens is 408 g/mol. The number of carbonyl (C=O) groups is 4. The molecule has 0 aliphatic heterocycles. The summed E-state index contributed by atoms with van der Waals surface area (Å²) < 4.78 is 0. The van der Waals surface area contributed by atoms with Crippen molar-refractivity contribution in [1.29, 1.82) is 0 Å². The van der Waals surface area contributed by atoms with Crippen LogP contribution in [-0.4, -0.2) is 33.3 Å². The van der Waals surface area contributed by atoms with Gasteiger partial charge in [-0.25, -0.2) is 0 Å². The molecule has 154 valence electrons. The summed E-state index contributed by atoms with van der Waals surface area (Å²) in [5.74, 6) is -2.50. The van der Waals surface area contributed by atoms with E-state index in [0.29, 0.717) is 0 Å². The van der Waals surface area contributed by atoms with Gasteiger partial charge < -0.3 is 10.2 Å². The van der Waals surface area contributed by atoms with Gasteiger partial charge in [0.05, 0.1) is 11.1 Å². The Morgan fingerprint density at radius 3 is 1.06 bits per heavy atom. The van der Waals surface area contributed by atoms with E-state index < -0.39 is 23.1 Å². The Balaban J connectivity index is 1.53. The van der Waals surface area contributed by atoms with Crippen LogP contribution in [0, 0.1) is 0 Å². The molecule has 3 aromatic rings. The molecule has 0 atom stereocenters. The maximum absolute atomic E-state index is 12.6. The zero-order valence-electron chi connectivity index (χ0n) is 16.5. The summed E-state index contributed by atoms with van der Waals surface area (Å²) in [6.07, 6.45) is 2.44. The zero-order valence-corrected chi connectivity index (χ0v) is 16.5. The molecule has 0 spiro atoms. The zero-order chi connectivity index (χ0) is 22.6. The fraction of sp³-hybridized carbons (Fsp3) is 0. The molecule has 32 heavy (non-hydrogen) atoms. The molecule has 3 aromatic carbocycles. The first-order valence-electron chi connectivity index (χ1n) is 9.73. The van der Waals surface area contributed by atoms with Gasteiger partial charge in [-0.05, 0) is 24.3 Å². The highest BCUT2D eigenvalue weighted by Gasteiger charge is 2.34. The molecule has 0 unspecified atom stereocenters. The van der Waals surface area contributed by atoms with Crippen LogP contribution in [0.4, 0.5) is 0 Å². The van der Waals surface area contributed by atoms with Crippen LogP contribution in [0.2, 0.25) is 0 Å². The number of fused-ring (bicyclic) bond motifs is 2. The lowest BCUT2D eigenvalue weighted by molar-refractivity contribution is 0.0975. The van der Waals surface area contributed by atoms with Crippen molar-refractivity contribution >= 4 is 35.3 Å². The first kappa shape index (κ1) is 19.4. The van der Waals surface area contributed by atoms with Crippen molar-refractivity contribution < 1.29 is 29.4 Å². The number of aromatic hydroxyl groups is 2. The molecule has 5 rings (SSSR count). The number of carbonyl (C=O) groups excluding carboxylic acids is 4. The van der Waals surface area contributed by atoms with Crippen molar-refractivity contribution in [1.82, 2.24) is 0 Å². The summed E-state index contributed by atoms with van der Waals surface area (Å²) in [6.45, 7) is 0. The molecule has 0 bridgehead atoms. The third-order valence-corrected chi connectivity index (χ3v) is 5.59. The van der Waals surface area contributed by atoms with Crippen LogP contribution < -0.4 is 0 Å². The van der Waals surface area contributed by atoms with Crippen LogP contribution in [0.15, 0.2) is 71.8 Å². The fourth-order valence-corrected chi connectivity index (χ4v) is 3.96. The Morgan fingerprint density at radius 1 is 0.500 bits per heavy atom. The number of phenols is 2. The lowest BCUT2D eigenvalue weighted by Crippen LogP contribution is -2.01. The maximum Gasteiger partial charge on any atom is 0.197 e. The Kier molecular flexibility index (Phi) is 4.23. The molecular formula is C26H14O6. The Labute approximate surface area is 181 Å². The van der Waals surface area contributed by atoms with Crippen molar-refractivity contribution in [3.05, 3.63) is 105 Å². The number of rotatable bonds is 2. The van der Waals surface area contributed by atoms with Gasteiger partial charge in [0.15, 0.2) is 23.1 Å². The molecule has 0 heterocycles. The summed E-state index contributed by atoms with van der Waals surface area (Å²) in [5, 5.41) is 20.9. The third kappa shape index (κ3) is 2.81. The number of ketones is 4. The van der Waals surface area contributed by atoms with E-state index in [2.05, 4.69) is 0 Å². The van der Waals surface area contributed by atoms with Crippen molar-refractivity contribution in [2.75, 3.05) is 0 Å². The normalized spacial score (nSPS) is 14.6. The van der Waals surface area contributed by atoms with Crippen LogP contribution in [0.5, 0.6) is 11.5 Å². The summed E-state index contributed by atoms with van der Waals surface area (Å²) in [6, 6.07) is 15.2. The minimum Gasteiger partial charge on any atom is -0.507 e. The summed E-state index contributed by atoms with van der Waals surface area (Å²) in [4.78, 5) is 50.3. The van der Waals surface area contributed by atoms with E-state index in [9.17, 15) is 29.4 Å². The second-order valence-electron chi connectivity index (χ2n) is 7.49. The second kappa shape index (κ2) is 6.99. The SMILES string of the molecule is O=C1C(=Cc2cc(O)c(C=C3C(=O)c4ccccc4C3=O)cc2O)C(=O)c2ccccc21. The Morgan fingerprint density at radius 2 is 0.781 bits per heavy atom. The van der Waals surface area contributed by atoms with Crippen LogP contribution in [0.25, 0.3) is 12.2 Å². The van der Waals surface area contributed by atoms with Crippen LogP contribution >= 0.6 is 0 Å². The Hall–Kier alpha value is -4.58. The highest BCUT2D eigenvalue weighted by atomic mass is 16.3. The third-order valence-electron chi connectivity index (χ3n) is 5.59. The Bertz CT molecular complexity index is 1270. The van der Waals surface area contributed by atoms with E-state index in [0.717, 1.165) is 0 Å². The van der Waals surface area contributed by atoms with Gasteiger partial charge in [0.1, 0.15) is 11.5 Å². The number of benzene rings is 3. The lowest BCUT2D eigenvalue weighted by atomic mass is 10.0. The predicted octanol–water partition coefficient (Wildman–Crippen LogP) is 4.02. The van der Waals surface area contributed by atoms with Crippen molar-refractivity contribution in [2.24, 2.45) is 0 Å². The molecule has 2 aliphatic rings. The number of hydrogen-bond acceptors (Lipinski definition) is 6. The number of hydrogen-bond donors (Lipinski definition) is 2. The molecule has 0 saturated heterocycles. The second-order valence-corrected chi connectivity index (χ2v) is 7.49. The molecule has 0 aromatic heterocycles. The van der Waals surface area contributed by atoms with Gasteiger partial charge in [0, 0.05) is 33.4 Å². The van der Waals surface area contributed by atoms with Gasteiger partial charge in [-0.3, -0.25) is 19.2 Å². The molecule has 2 N–H and O–H groups in total. The summed E-state index contributed by atoms with van der Waals surface area (Å²) >= 11 is 0. The molecule has 0 amide bonds. The van der Waals surface area contributed by atoms with E-state index in [-0.39, 0.29) is 56.0 Å². The predicted molar refractivity (Wildman–Crippen MR) is 116 cm³/mol. The quantitative estimate of drug-likeness (QED) is 0.367. The standard InChI is InChI=1S/C26H14O6/c27-21-12-14(10-20-25(31)17-7-3-4-8-18(17)26(20)32)22(28)11-13(21)9-19-23(29)15-5-1-2-6-16(15)24(19)30/h1-12,27-28H. The van der Waals surface area contributed by atoms with E-state index in [1.54, 1.807) is 48.5 Å². The van der Waals surface area contributed by atoms with Crippen molar-refractivity contribution in [3.8, 4) is 11.5 Å². The van der Waals surface area contributed by atoms with Gasteiger partial charge in [-0.15, -0.1) is 0 Å². The van der Waals surface area contributed by atoms with Gasteiger partial charge in [-0.1, -0.05) is 48.5 Å². The average molecular weight is 422 g/mol. The van der Waals surface area contributed by atoms with E-state index in [1.165, 1.54) is 24.3 Å². The number of allylic oxidation sites excluding steroid dienone is 2. The molecule has 0 radical (unpaired) electrons. The fourth-order valence-electron chi connectivity index (χ4n) is 3.96. The van der Waals surface area contributed by atoms with Gasteiger partial charge in [0.25, 0.3) is 0 Å². The van der Waals surface area contributed by atoms with Gasteiger partial charge in [-0.2, -0.15) is 0 Å². The molecule has 6 heteroatoms. The van der Waals surface area contributed by atoms with E-state index in [1.807, 2.05) is 0 Å². The summed E-state index contributed by atoms with van der Waals surface area (Å²) in [7, 11) is 0. The lowest BCUT2D eigenvalue weighted by Gasteiger charge is -2.06. The number of Topliss-reactive ketones (excluding diaryl/α,β-unsaturated/α-hetero) is 4. The van der Waals surface area contributed by atoms with Crippen LogP contribution in [0.1, 0.15) is 52.6 Å². The molecule has 6 nitrogen and oxygen atoms in total. The minimum atomic E-state index is -0.462. The molecule has 0 fully saturated rings. The van der Waals surface area contributed by atoms with E-state index in [4.69, 9.17) is 0 Å². The van der Waals surface area contributed by atoms with Crippen LogP contribution in [0.3, 0.4) is 0 Å². The van der Waals surface area contributed by atoms with E-state index >= 15 is 0 Å². The molecule has 0 saturated carbocycles. The van der Waals surface area contributed by atoms with Gasteiger partial charge >= 0.3 is 0 Å². The monoisotopic (exact) mass is 422 g/mol. The molecule has 2 aliphatic carbocycles. The maximum atomic E-state index is 12.6. The number of phenolic OH excluding ortho intramolecular Hbond substituents is 2. The first-order chi connectivity index (χ1) is 15.4. The van der Waals surface area contributed by atoms with Crippen molar-refractivity contribution in [2.45, 2.75) is 0 Å². The van der Waals surface area contributed by atoms with Crippen molar-refractivity contribution in [3.63, 3.8) is 0 Å². The minimum absolute atomic E-state index is 0.0570. The highest BCUT2D eigenvalue weighted by Crippen LogP contribution is 2.35. The van der Waals surface area contributed by atoms with Gasteiger partial charge in [0.2, 0.25) is 0 Å². The first-order valence-corrected chi connectivity index (χ1v) is 9.73. The highest BCUT2D eigenvalue weighted by molar-refractivity contribution is 6.42. The summed E-state index contributed by atoms with van der Waals surface area (Å²) in [5.41, 5.74) is 1.01. The largest absolute Gasteiger partial charge is 0.507 e. The average Bonchev–Trinajstić information content (AvgIpc) is 3.18. The van der Waals surface area contributed by atoms with Crippen LogP contribution in [-0.2, 0) is 0 Å².